The third kappa shape index (κ3) is 3.95. The summed E-state index contributed by atoms with van der Waals surface area (Å²) in [6.45, 7) is 4.79. The predicted molar refractivity (Wildman–Crippen MR) is 81.9 cm³/mol. The third-order valence-corrected chi connectivity index (χ3v) is 3.89. The van der Waals surface area contributed by atoms with Crippen molar-refractivity contribution in [1.29, 1.82) is 0 Å². The molecule has 0 aliphatic carbocycles. The molecular weight excluding hydrogens is 320 g/mol. The fraction of sp³-hybridized carbons (Fsp3) is 0.500. The van der Waals surface area contributed by atoms with E-state index < -0.39 is 29.1 Å². The molecular formula is C16H21F2N3O3. The molecule has 0 saturated heterocycles. The van der Waals surface area contributed by atoms with Crippen molar-refractivity contribution in [1.82, 2.24) is 14.8 Å². The van der Waals surface area contributed by atoms with Crippen molar-refractivity contribution >= 4 is 0 Å². The summed E-state index contributed by atoms with van der Waals surface area (Å²) in [6.07, 6.45) is 1.80. The zero-order valence-corrected chi connectivity index (χ0v) is 14.0. The van der Waals surface area contributed by atoms with Crippen LogP contribution in [0.15, 0.2) is 30.9 Å². The van der Waals surface area contributed by atoms with Gasteiger partial charge in [0.05, 0.1) is 12.6 Å². The lowest BCUT2D eigenvalue weighted by molar-refractivity contribution is -0.259. The van der Waals surface area contributed by atoms with Crippen LogP contribution in [0, 0.1) is 11.6 Å². The lowest BCUT2D eigenvalue weighted by Gasteiger charge is -2.38. The van der Waals surface area contributed by atoms with E-state index in [1.807, 2.05) is 0 Å². The van der Waals surface area contributed by atoms with Gasteiger partial charge in [-0.25, -0.2) is 18.4 Å². The highest BCUT2D eigenvalue weighted by Crippen LogP contribution is 2.33. The highest BCUT2D eigenvalue weighted by molar-refractivity contribution is 5.26. The Balaban J connectivity index is 2.44. The number of aromatic nitrogens is 3. The van der Waals surface area contributed by atoms with Gasteiger partial charge in [0.1, 0.15) is 29.9 Å². The van der Waals surface area contributed by atoms with Crippen molar-refractivity contribution < 1.29 is 23.4 Å². The maximum atomic E-state index is 14.3. The fourth-order valence-corrected chi connectivity index (χ4v) is 2.41. The van der Waals surface area contributed by atoms with E-state index in [9.17, 15) is 13.9 Å². The first kappa shape index (κ1) is 18.4. The Labute approximate surface area is 139 Å². The van der Waals surface area contributed by atoms with E-state index in [2.05, 4.69) is 10.1 Å². The van der Waals surface area contributed by atoms with Gasteiger partial charge in [0, 0.05) is 18.7 Å². The van der Waals surface area contributed by atoms with Gasteiger partial charge >= 0.3 is 0 Å². The SMILES string of the molecule is COC(C)(C)O[C@H](C)[C@](O)(Cn1cncn1)c1ccc(F)cc1F. The molecule has 0 bridgehead atoms. The van der Waals surface area contributed by atoms with Crippen LogP contribution in [0.4, 0.5) is 8.78 Å². The smallest absolute Gasteiger partial charge is 0.162 e. The number of methoxy groups -OCH3 is 1. The van der Waals surface area contributed by atoms with Gasteiger partial charge in [0.15, 0.2) is 5.79 Å². The molecule has 2 rings (SSSR count). The van der Waals surface area contributed by atoms with Crippen LogP contribution in [0.2, 0.25) is 0 Å². The predicted octanol–water partition coefficient (Wildman–Crippen LogP) is 2.23. The normalized spacial score (nSPS) is 16.0. The fourth-order valence-electron chi connectivity index (χ4n) is 2.41. The summed E-state index contributed by atoms with van der Waals surface area (Å²) in [4.78, 5) is 3.81. The van der Waals surface area contributed by atoms with Crippen molar-refractivity contribution in [3.05, 3.63) is 48.1 Å². The zero-order chi connectivity index (χ0) is 18.0. The Morgan fingerprint density at radius 3 is 2.58 bits per heavy atom. The maximum absolute atomic E-state index is 14.3. The van der Waals surface area contributed by atoms with Crippen LogP contribution in [0.25, 0.3) is 0 Å². The molecule has 1 aromatic carbocycles. The molecule has 1 aromatic heterocycles. The van der Waals surface area contributed by atoms with E-state index in [0.29, 0.717) is 0 Å². The molecule has 0 saturated carbocycles. The van der Waals surface area contributed by atoms with Gasteiger partial charge in [-0.3, -0.25) is 0 Å². The molecule has 0 unspecified atom stereocenters. The Bertz CT molecular complexity index is 679. The van der Waals surface area contributed by atoms with Crippen molar-refractivity contribution in [3.63, 3.8) is 0 Å². The molecule has 1 heterocycles. The second kappa shape index (κ2) is 6.92. The summed E-state index contributed by atoms with van der Waals surface area (Å²) in [5.41, 5.74) is -1.92. The van der Waals surface area contributed by atoms with Gasteiger partial charge in [-0.1, -0.05) is 6.07 Å². The van der Waals surface area contributed by atoms with E-state index in [0.717, 1.165) is 12.1 Å². The number of ether oxygens (including phenoxy) is 2. The van der Waals surface area contributed by atoms with E-state index in [4.69, 9.17) is 9.47 Å². The van der Waals surface area contributed by atoms with E-state index >= 15 is 0 Å². The molecule has 2 atom stereocenters. The van der Waals surface area contributed by atoms with Gasteiger partial charge in [0.25, 0.3) is 0 Å². The molecule has 6 nitrogen and oxygen atoms in total. The summed E-state index contributed by atoms with van der Waals surface area (Å²) >= 11 is 0. The Hall–Kier alpha value is -1.90. The summed E-state index contributed by atoms with van der Waals surface area (Å²) in [6, 6.07) is 3.00. The molecule has 24 heavy (non-hydrogen) atoms. The molecule has 0 fully saturated rings. The standard InChI is InChI=1S/C16H21F2N3O3/c1-11(24-15(2,3)23-4)16(22,8-21-10-19-9-20-21)13-6-5-12(17)7-14(13)18/h5-7,9-11,22H,8H2,1-4H3/t11-,16-/m1/s1. The molecule has 0 radical (unpaired) electrons. The molecule has 1 N–H and O–H groups in total. The largest absolute Gasteiger partial charge is 0.380 e. The topological polar surface area (TPSA) is 69.4 Å². The van der Waals surface area contributed by atoms with E-state index in [1.165, 1.54) is 30.5 Å². The zero-order valence-electron chi connectivity index (χ0n) is 14.0. The summed E-state index contributed by atoms with van der Waals surface area (Å²) in [7, 11) is 1.46. The van der Waals surface area contributed by atoms with Crippen LogP contribution < -0.4 is 0 Å². The third-order valence-electron chi connectivity index (χ3n) is 3.89. The van der Waals surface area contributed by atoms with Crippen molar-refractivity contribution in [2.75, 3.05) is 7.11 Å². The van der Waals surface area contributed by atoms with Crippen LogP contribution in [0.3, 0.4) is 0 Å². The molecule has 0 spiro atoms. The minimum Gasteiger partial charge on any atom is -0.380 e. The quantitative estimate of drug-likeness (QED) is 0.782. The number of benzene rings is 1. The second-order valence-electron chi connectivity index (χ2n) is 6.01. The first-order valence-electron chi connectivity index (χ1n) is 7.41. The Morgan fingerprint density at radius 1 is 1.33 bits per heavy atom. The van der Waals surface area contributed by atoms with Gasteiger partial charge in [-0.2, -0.15) is 5.10 Å². The van der Waals surface area contributed by atoms with Gasteiger partial charge < -0.3 is 14.6 Å². The second-order valence-corrected chi connectivity index (χ2v) is 6.01. The molecule has 0 aliphatic heterocycles. The van der Waals surface area contributed by atoms with Crippen molar-refractivity contribution in [3.8, 4) is 0 Å². The van der Waals surface area contributed by atoms with Crippen LogP contribution in [0.1, 0.15) is 26.3 Å². The molecule has 2 aromatic rings. The van der Waals surface area contributed by atoms with Gasteiger partial charge in [-0.15, -0.1) is 0 Å². The van der Waals surface area contributed by atoms with E-state index in [1.54, 1.807) is 20.8 Å². The van der Waals surface area contributed by atoms with Crippen LogP contribution in [0.5, 0.6) is 0 Å². The molecule has 0 aliphatic rings. The maximum Gasteiger partial charge on any atom is 0.162 e. The highest BCUT2D eigenvalue weighted by Gasteiger charge is 2.42. The van der Waals surface area contributed by atoms with Crippen LogP contribution in [-0.2, 0) is 21.6 Å². The minimum absolute atomic E-state index is 0.0983. The molecule has 132 valence electrons. The lowest BCUT2D eigenvalue weighted by atomic mass is 9.88. The summed E-state index contributed by atoms with van der Waals surface area (Å²) in [5.74, 6) is -2.61. The van der Waals surface area contributed by atoms with Crippen LogP contribution in [-0.4, -0.2) is 38.9 Å². The first-order chi connectivity index (χ1) is 11.2. The van der Waals surface area contributed by atoms with Crippen molar-refractivity contribution in [2.24, 2.45) is 0 Å². The lowest BCUT2D eigenvalue weighted by Crippen LogP contribution is -2.48. The number of hydrogen-bond acceptors (Lipinski definition) is 5. The van der Waals surface area contributed by atoms with Gasteiger partial charge in [-0.05, 0) is 26.8 Å². The number of rotatable bonds is 7. The average Bonchev–Trinajstić information content (AvgIpc) is 2.99. The number of halogens is 2. The number of aliphatic hydroxyl groups is 1. The Kier molecular flexibility index (Phi) is 5.32. The van der Waals surface area contributed by atoms with Crippen molar-refractivity contribution in [2.45, 2.75) is 44.8 Å². The van der Waals surface area contributed by atoms with E-state index in [-0.39, 0.29) is 12.1 Å². The Morgan fingerprint density at radius 2 is 2.04 bits per heavy atom. The summed E-state index contributed by atoms with van der Waals surface area (Å²) < 4.78 is 39.9. The number of hydrogen-bond donors (Lipinski definition) is 1. The average molecular weight is 341 g/mol. The monoisotopic (exact) mass is 341 g/mol. The number of nitrogens with zero attached hydrogens (tertiary/aromatic N) is 3. The minimum atomic E-state index is -1.82. The highest BCUT2D eigenvalue weighted by atomic mass is 19.1. The molecule has 0 amide bonds. The molecule has 8 heteroatoms. The van der Waals surface area contributed by atoms with Gasteiger partial charge in [0.2, 0.25) is 0 Å². The first-order valence-corrected chi connectivity index (χ1v) is 7.41. The summed E-state index contributed by atoms with van der Waals surface area (Å²) in [5, 5.41) is 15.2. The van der Waals surface area contributed by atoms with Crippen LogP contribution >= 0.6 is 0 Å².